The molecule has 0 unspecified atom stereocenters. The number of nitrogens with two attached hydrogens (primary N) is 1. The maximum atomic E-state index is 12.4. The molecule has 1 aliphatic carbocycles. The van der Waals surface area contributed by atoms with Gasteiger partial charge in [-0.2, -0.15) is 4.98 Å². The second kappa shape index (κ2) is 4.87. The van der Waals surface area contributed by atoms with E-state index < -0.39 is 21.5 Å². The molecule has 0 bridgehead atoms. The first-order valence-corrected chi connectivity index (χ1v) is 9.15. The van der Waals surface area contributed by atoms with E-state index in [1.165, 1.54) is 12.1 Å². The lowest BCUT2D eigenvalue weighted by molar-refractivity contribution is 0.0876. The first-order chi connectivity index (χ1) is 11.4. The normalized spacial score (nSPS) is 20.8. The van der Waals surface area contributed by atoms with E-state index in [2.05, 4.69) is 10.1 Å². The molecule has 0 saturated heterocycles. The van der Waals surface area contributed by atoms with E-state index >= 15 is 0 Å². The number of amides is 1. The highest BCUT2D eigenvalue weighted by molar-refractivity contribution is 7.90. The van der Waals surface area contributed by atoms with Crippen LogP contribution in [0, 0.1) is 0 Å². The Hall–Kier alpha value is -2.26. The van der Waals surface area contributed by atoms with E-state index in [9.17, 15) is 13.2 Å². The van der Waals surface area contributed by atoms with Crippen LogP contribution in [0.15, 0.2) is 27.6 Å². The Kier molecular flexibility index (Phi) is 3.10. The molecule has 2 aromatic rings. The quantitative estimate of drug-likeness (QED) is 0.886. The van der Waals surface area contributed by atoms with E-state index in [0.29, 0.717) is 11.4 Å². The standard InChI is InChI=1S/C15H16N4O4S/c1-2-19-13(20)10-5-4-9(8-11(10)24(19,21)22)12-17-14(18-23-12)15(16)6-3-7-15/h4-5,8H,2-3,6-7,16H2,1H3. The molecule has 1 amide bonds. The van der Waals surface area contributed by atoms with Gasteiger partial charge in [-0.25, -0.2) is 12.7 Å². The molecule has 2 heterocycles. The summed E-state index contributed by atoms with van der Waals surface area (Å²) in [7, 11) is -3.82. The van der Waals surface area contributed by atoms with Crippen LogP contribution in [0.3, 0.4) is 0 Å². The fraction of sp³-hybridized carbons (Fsp3) is 0.400. The van der Waals surface area contributed by atoms with Crippen molar-refractivity contribution in [3.63, 3.8) is 0 Å². The maximum Gasteiger partial charge on any atom is 0.268 e. The van der Waals surface area contributed by atoms with Gasteiger partial charge in [0.15, 0.2) is 5.82 Å². The summed E-state index contributed by atoms with van der Waals surface area (Å²) in [6.07, 6.45) is 2.61. The number of rotatable bonds is 3. The number of fused-ring (bicyclic) bond motifs is 1. The Balaban J connectivity index is 1.77. The molecule has 1 aromatic heterocycles. The van der Waals surface area contributed by atoms with Crippen LogP contribution in [0.1, 0.15) is 42.4 Å². The third-order valence-electron chi connectivity index (χ3n) is 4.66. The molecule has 24 heavy (non-hydrogen) atoms. The van der Waals surface area contributed by atoms with Crippen molar-refractivity contribution in [1.82, 2.24) is 14.4 Å². The van der Waals surface area contributed by atoms with Crippen LogP contribution in [0.4, 0.5) is 0 Å². The summed E-state index contributed by atoms with van der Waals surface area (Å²) >= 11 is 0. The molecule has 8 nitrogen and oxygen atoms in total. The molecule has 1 aliphatic heterocycles. The van der Waals surface area contributed by atoms with Crippen molar-refractivity contribution in [2.24, 2.45) is 5.73 Å². The van der Waals surface area contributed by atoms with Crippen molar-refractivity contribution in [3.05, 3.63) is 29.6 Å². The summed E-state index contributed by atoms with van der Waals surface area (Å²) in [6.45, 7) is 1.71. The largest absolute Gasteiger partial charge is 0.334 e. The van der Waals surface area contributed by atoms with E-state index in [1.807, 2.05) is 0 Å². The topological polar surface area (TPSA) is 119 Å². The van der Waals surface area contributed by atoms with Crippen LogP contribution in [0.25, 0.3) is 11.5 Å². The van der Waals surface area contributed by atoms with Crippen molar-refractivity contribution in [2.45, 2.75) is 36.6 Å². The maximum absolute atomic E-state index is 12.4. The third kappa shape index (κ3) is 1.94. The number of nitrogens with zero attached hydrogens (tertiary/aromatic N) is 3. The number of carbonyl (C=O) groups excluding carboxylic acids is 1. The van der Waals surface area contributed by atoms with Gasteiger partial charge in [-0.05, 0) is 44.4 Å². The Morgan fingerprint density at radius 1 is 1.38 bits per heavy atom. The van der Waals surface area contributed by atoms with Crippen molar-refractivity contribution in [3.8, 4) is 11.5 Å². The van der Waals surface area contributed by atoms with Gasteiger partial charge in [0.2, 0.25) is 0 Å². The highest BCUT2D eigenvalue weighted by Gasteiger charge is 2.41. The van der Waals surface area contributed by atoms with Gasteiger partial charge in [-0.1, -0.05) is 5.16 Å². The molecule has 2 N–H and O–H groups in total. The zero-order chi connectivity index (χ0) is 17.1. The summed E-state index contributed by atoms with van der Waals surface area (Å²) < 4.78 is 31.0. The lowest BCUT2D eigenvalue weighted by atomic mass is 9.77. The lowest BCUT2D eigenvalue weighted by Gasteiger charge is -2.34. The average molecular weight is 348 g/mol. The van der Waals surface area contributed by atoms with Gasteiger partial charge in [0, 0.05) is 12.1 Å². The minimum absolute atomic E-state index is 0.0299. The lowest BCUT2D eigenvalue weighted by Crippen LogP contribution is -2.44. The zero-order valence-corrected chi connectivity index (χ0v) is 13.8. The fourth-order valence-electron chi connectivity index (χ4n) is 3.05. The molecule has 126 valence electrons. The van der Waals surface area contributed by atoms with Crippen LogP contribution >= 0.6 is 0 Å². The number of benzene rings is 1. The van der Waals surface area contributed by atoms with Crippen LogP contribution < -0.4 is 5.73 Å². The van der Waals surface area contributed by atoms with Gasteiger partial charge in [0.05, 0.1) is 11.1 Å². The minimum Gasteiger partial charge on any atom is -0.334 e. The number of aromatic nitrogens is 2. The molecular formula is C15H16N4O4S. The van der Waals surface area contributed by atoms with Crippen LogP contribution in [-0.4, -0.2) is 35.3 Å². The molecule has 0 atom stereocenters. The molecule has 2 aliphatic rings. The average Bonchev–Trinajstić information content (AvgIpc) is 3.08. The number of carbonyl (C=O) groups is 1. The third-order valence-corrected chi connectivity index (χ3v) is 6.56. The molecule has 0 spiro atoms. The van der Waals surface area contributed by atoms with Crippen LogP contribution in [0.5, 0.6) is 0 Å². The zero-order valence-electron chi connectivity index (χ0n) is 13.0. The van der Waals surface area contributed by atoms with Gasteiger partial charge in [0.1, 0.15) is 4.90 Å². The van der Waals surface area contributed by atoms with E-state index in [-0.39, 0.29) is 22.9 Å². The van der Waals surface area contributed by atoms with Crippen molar-refractivity contribution >= 4 is 15.9 Å². The highest BCUT2D eigenvalue weighted by atomic mass is 32.2. The van der Waals surface area contributed by atoms with Crippen molar-refractivity contribution < 1.29 is 17.7 Å². The van der Waals surface area contributed by atoms with E-state index in [4.69, 9.17) is 10.3 Å². The second-order valence-corrected chi connectivity index (χ2v) is 7.95. The Morgan fingerprint density at radius 3 is 2.75 bits per heavy atom. The SMILES string of the molecule is CCN1C(=O)c2ccc(-c3nc(C4(N)CCC4)no3)cc2S1(=O)=O. The van der Waals surface area contributed by atoms with Crippen LogP contribution in [-0.2, 0) is 15.6 Å². The monoisotopic (exact) mass is 348 g/mol. The smallest absolute Gasteiger partial charge is 0.268 e. The first kappa shape index (κ1) is 15.3. The van der Waals surface area contributed by atoms with E-state index in [0.717, 1.165) is 23.6 Å². The molecule has 1 fully saturated rings. The molecule has 1 saturated carbocycles. The van der Waals surface area contributed by atoms with E-state index in [1.54, 1.807) is 13.0 Å². The Morgan fingerprint density at radius 2 is 2.12 bits per heavy atom. The summed E-state index contributed by atoms with van der Waals surface area (Å²) in [5, 5.41) is 3.92. The second-order valence-electron chi connectivity index (χ2n) is 6.12. The van der Waals surface area contributed by atoms with Gasteiger partial charge in [0.25, 0.3) is 21.8 Å². The molecule has 4 rings (SSSR count). The number of hydrogen-bond donors (Lipinski definition) is 1. The Labute approximate surface area is 138 Å². The van der Waals surface area contributed by atoms with Gasteiger partial charge >= 0.3 is 0 Å². The molecule has 0 radical (unpaired) electrons. The molecule has 9 heteroatoms. The summed E-state index contributed by atoms with van der Waals surface area (Å²) in [4.78, 5) is 16.4. The Bertz CT molecular complexity index is 946. The van der Waals surface area contributed by atoms with Crippen LogP contribution in [0.2, 0.25) is 0 Å². The predicted octanol–water partition coefficient (Wildman–Crippen LogP) is 1.24. The van der Waals surface area contributed by atoms with Gasteiger partial charge in [-0.15, -0.1) is 0 Å². The number of hydrogen-bond acceptors (Lipinski definition) is 7. The van der Waals surface area contributed by atoms with Crippen molar-refractivity contribution in [1.29, 1.82) is 0 Å². The first-order valence-electron chi connectivity index (χ1n) is 7.71. The summed E-state index contributed by atoms with van der Waals surface area (Å²) in [5.74, 6) is 0.112. The molecule has 1 aromatic carbocycles. The van der Waals surface area contributed by atoms with Gasteiger partial charge < -0.3 is 10.3 Å². The minimum atomic E-state index is -3.82. The molecular weight excluding hydrogens is 332 g/mol. The highest BCUT2D eigenvalue weighted by Crippen LogP contribution is 2.38. The summed E-state index contributed by atoms with van der Waals surface area (Å²) in [6, 6.07) is 4.48. The summed E-state index contributed by atoms with van der Waals surface area (Å²) in [5.41, 5.74) is 6.23. The number of sulfonamides is 1. The predicted molar refractivity (Wildman–Crippen MR) is 83.3 cm³/mol. The fourth-order valence-corrected chi connectivity index (χ4v) is 4.65. The van der Waals surface area contributed by atoms with Crippen molar-refractivity contribution in [2.75, 3.05) is 6.54 Å². The van der Waals surface area contributed by atoms with Gasteiger partial charge in [-0.3, -0.25) is 4.79 Å².